The molecule has 0 aliphatic rings. The molecule has 0 fully saturated rings. The Morgan fingerprint density at radius 3 is 2.62 bits per heavy atom. The Bertz CT molecular complexity index is 608. The third-order valence-electron chi connectivity index (χ3n) is 2.93. The Morgan fingerprint density at radius 1 is 1.14 bits per heavy atom. The fraction of sp³-hybridized carbons (Fsp3) is 0.375. The van der Waals surface area contributed by atoms with Gasteiger partial charge in [-0.25, -0.2) is 4.98 Å². The lowest BCUT2D eigenvalue weighted by Gasteiger charge is -2.03. The highest BCUT2D eigenvalue weighted by atomic mass is 32.2. The SMILES string of the molecule is CCCSc1nnc(C)c(CC=Nc2ccc(C)cc2)n1. The first-order chi connectivity index (χ1) is 10.2. The summed E-state index contributed by atoms with van der Waals surface area (Å²) in [5.74, 6) is 1.02. The van der Waals surface area contributed by atoms with Crippen LogP contribution in [0.25, 0.3) is 0 Å². The molecule has 0 saturated heterocycles. The van der Waals surface area contributed by atoms with Crippen molar-refractivity contribution >= 4 is 23.7 Å². The van der Waals surface area contributed by atoms with E-state index in [1.165, 1.54) is 5.56 Å². The zero-order valence-electron chi connectivity index (χ0n) is 12.7. The third kappa shape index (κ3) is 4.93. The molecule has 2 rings (SSSR count). The van der Waals surface area contributed by atoms with Gasteiger partial charge in [0.15, 0.2) is 0 Å². The molecule has 0 N–H and O–H groups in total. The maximum atomic E-state index is 4.55. The van der Waals surface area contributed by atoms with Crippen LogP contribution in [0.4, 0.5) is 5.69 Å². The molecular weight excluding hydrogens is 280 g/mol. The summed E-state index contributed by atoms with van der Waals surface area (Å²) in [4.78, 5) is 9.01. The molecule has 0 aliphatic heterocycles. The van der Waals surface area contributed by atoms with Crippen LogP contribution < -0.4 is 0 Å². The second-order valence-corrected chi connectivity index (χ2v) is 5.89. The zero-order valence-corrected chi connectivity index (χ0v) is 13.5. The standard InChI is InChI=1S/C16H20N4S/c1-4-11-21-16-18-15(13(3)19-20-16)9-10-17-14-7-5-12(2)6-8-14/h5-8,10H,4,9,11H2,1-3H3. The van der Waals surface area contributed by atoms with E-state index in [1.807, 2.05) is 25.3 Å². The van der Waals surface area contributed by atoms with E-state index in [0.29, 0.717) is 6.42 Å². The minimum Gasteiger partial charge on any atom is -0.261 e. The van der Waals surface area contributed by atoms with Crippen LogP contribution in [0, 0.1) is 13.8 Å². The fourth-order valence-corrected chi connectivity index (χ4v) is 2.37. The van der Waals surface area contributed by atoms with Crippen molar-refractivity contribution in [3.05, 3.63) is 41.2 Å². The predicted molar refractivity (Wildman–Crippen MR) is 88.6 cm³/mol. The van der Waals surface area contributed by atoms with Gasteiger partial charge in [-0.05, 0) is 32.4 Å². The van der Waals surface area contributed by atoms with Crippen LogP contribution in [-0.2, 0) is 6.42 Å². The van der Waals surface area contributed by atoms with Crippen molar-refractivity contribution in [2.75, 3.05) is 5.75 Å². The summed E-state index contributed by atoms with van der Waals surface area (Å²) in [6.07, 6.45) is 3.66. The fourth-order valence-electron chi connectivity index (χ4n) is 1.71. The van der Waals surface area contributed by atoms with Crippen LogP contribution >= 0.6 is 11.8 Å². The Hall–Kier alpha value is -1.75. The van der Waals surface area contributed by atoms with Gasteiger partial charge >= 0.3 is 0 Å². The van der Waals surface area contributed by atoms with E-state index in [1.54, 1.807) is 11.8 Å². The van der Waals surface area contributed by atoms with Gasteiger partial charge in [0.2, 0.25) is 5.16 Å². The smallest absolute Gasteiger partial charge is 0.209 e. The molecule has 1 heterocycles. The largest absolute Gasteiger partial charge is 0.261 e. The number of hydrogen-bond acceptors (Lipinski definition) is 5. The first kappa shape index (κ1) is 15.6. The second-order valence-electron chi connectivity index (χ2n) is 4.83. The van der Waals surface area contributed by atoms with E-state index in [9.17, 15) is 0 Å². The number of aryl methyl sites for hydroxylation is 2. The van der Waals surface area contributed by atoms with Crippen molar-refractivity contribution in [3.63, 3.8) is 0 Å². The molecule has 110 valence electrons. The molecule has 21 heavy (non-hydrogen) atoms. The Labute approximate surface area is 130 Å². The van der Waals surface area contributed by atoms with Gasteiger partial charge in [-0.3, -0.25) is 4.99 Å². The summed E-state index contributed by atoms with van der Waals surface area (Å²) in [7, 11) is 0. The number of aromatic nitrogens is 3. The molecule has 4 nitrogen and oxygen atoms in total. The lowest BCUT2D eigenvalue weighted by atomic mass is 10.2. The van der Waals surface area contributed by atoms with Crippen LogP contribution in [0.5, 0.6) is 0 Å². The molecule has 1 aromatic carbocycles. The van der Waals surface area contributed by atoms with E-state index in [-0.39, 0.29) is 0 Å². The molecule has 2 aromatic rings. The van der Waals surface area contributed by atoms with Gasteiger partial charge in [-0.15, -0.1) is 5.10 Å². The maximum absolute atomic E-state index is 4.55. The number of hydrogen-bond donors (Lipinski definition) is 0. The summed E-state index contributed by atoms with van der Waals surface area (Å²) in [5, 5.41) is 9.04. The summed E-state index contributed by atoms with van der Waals surface area (Å²) < 4.78 is 0. The lowest BCUT2D eigenvalue weighted by Crippen LogP contribution is -2.03. The van der Waals surface area contributed by atoms with Gasteiger partial charge in [0.1, 0.15) is 0 Å². The molecule has 0 saturated carbocycles. The van der Waals surface area contributed by atoms with Gasteiger partial charge in [-0.2, -0.15) is 5.10 Å². The Morgan fingerprint density at radius 2 is 1.90 bits per heavy atom. The van der Waals surface area contributed by atoms with Crippen LogP contribution in [0.2, 0.25) is 0 Å². The molecular formula is C16H20N4S. The molecule has 5 heteroatoms. The van der Waals surface area contributed by atoms with Gasteiger partial charge in [0, 0.05) is 18.4 Å². The van der Waals surface area contributed by atoms with E-state index < -0.39 is 0 Å². The van der Waals surface area contributed by atoms with Crippen LogP contribution in [0.1, 0.15) is 30.3 Å². The molecule has 1 aromatic heterocycles. The third-order valence-corrected chi connectivity index (χ3v) is 3.97. The van der Waals surface area contributed by atoms with Crippen molar-refractivity contribution < 1.29 is 0 Å². The van der Waals surface area contributed by atoms with Gasteiger partial charge in [0.05, 0.1) is 17.1 Å². The molecule has 0 bridgehead atoms. The highest BCUT2D eigenvalue weighted by Crippen LogP contribution is 2.15. The first-order valence-electron chi connectivity index (χ1n) is 7.11. The summed E-state index contributed by atoms with van der Waals surface area (Å²) in [5.41, 5.74) is 4.01. The number of nitrogens with zero attached hydrogens (tertiary/aromatic N) is 4. The van der Waals surface area contributed by atoms with Crippen molar-refractivity contribution in [2.24, 2.45) is 4.99 Å². The summed E-state index contributed by atoms with van der Waals surface area (Å²) in [6.45, 7) is 6.14. The van der Waals surface area contributed by atoms with E-state index in [2.05, 4.69) is 46.2 Å². The average Bonchev–Trinajstić information content (AvgIpc) is 2.50. The lowest BCUT2D eigenvalue weighted by molar-refractivity contribution is 0.782. The Balaban J connectivity index is 2.03. The molecule has 0 radical (unpaired) electrons. The van der Waals surface area contributed by atoms with E-state index in [0.717, 1.165) is 34.4 Å². The quantitative estimate of drug-likeness (QED) is 0.599. The highest BCUT2D eigenvalue weighted by Gasteiger charge is 2.04. The minimum atomic E-state index is 0.676. The minimum absolute atomic E-state index is 0.676. The molecule has 0 aliphatic carbocycles. The monoisotopic (exact) mass is 300 g/mol. The first-order valence-corrected chi connectivity index (χ1v) is 8.09. The van der Waals surface area contributed by atoms with Crippen molar-refractivity contribution in [2.45, 2.75) is 38.8 Å². The van der Waals surface area contributed by atoms with Crippen molar-refractivity contribution in [1.82, 2.24) is 15.2 Å². The predicted octanol–water partition coefficient (Wildman–Crippen LogP) is 3.94. The molecule has 0 atom stereocenters. The number of benzene rings is 1. The van der Waals surface area contributed by atoms with Gasteiger partial charge in [0.25, 0.3) is 0 Å². The average molecular weight is 300 g/mol. The van der Waals surface area contributed by atoms with Crippen LogP contribution in [0.15, 0.2) is 34.4 Å². The number of aliphatic imine (C=N–C) groups is 1. The van der Waals surface area contributed by atoms with Gasteiger partial charge < -0.3 is 0 Å². The normalized spacial score (nSPS) is 11.2. The van der Waals surface area contributed by atoms with E-state index >= 15 is 0 Å². The summed E-state index contributed by atoms with van der Waals surface area (Å²) in [6, 6.07) is 8.15. The highest BCUT2D eigenvalue weighted by molar-refractivity contribution is 7.99. The second kappa shape index (κ2) is 7.88. The Kier molecular flexibility index (Phi) is 5.87. The van der Waals surface area contributed by atoms with Crippen molar-refractivity contribution in [3.8, 4) is 0 Å². The molecule has 0 unspecified atom stereocenters. The van der Waals surface area contributed by atoms with Crippen molar-refractivity contribution in [1.29, 1.82) is 0 Å². The van der Waals surface area contributed by atoms with Crippen LogP contribution in [-0.4, -0.2) is 27.1 Å². The summed E-state index contributed by atoms with van der Waals surface area (Å²) >= 11 is 1.65. The number of thioether (sulfide) groups is 1. The molecule has 0 spiro atoms. The maximum Gasteiger partial charge on any atom is 0.209 e. The van der Waals surface area contributed by atoms with Crippen LogP contribution in [0.3, 0.4) is 0 Å². The molecule has 0 amide bonds. The topological polar surface area (TPSA) is 51.0 Å². The van der Waals surface area contributed by atoms with Gasteiger partial charge in [-0.1, -0.05) is 36.4 Å². The zero-order chi connectivity index (χ0) is 15.1. The van der Waals surface area contributed by atoms with E-state index in [4.69, 9.17) is 0 Å². The number of rotatable bonds is 6.